The maximum absolute atomic E-state index is 14.3. The topological polar surface area (TPSA) is 97.5 Å². The average molecular weight is 466 g/mol. The van der Waals surface area contributed by atoms with Gasteiger partial charge in [-0.2, -0.15) is 18.4 Å². The first-order valence-electron chi connectivity index (χ1n) is 9.32. The zero-order valence-electron chi connectivity index (χ0n) is 16.1. The minimum Gasteiger partial charge on any atom is -0.478 e. The Balaban J connectivity index is 1.81. The summed E-state index contributed by atoms with van der Waals surface area (Å²) < 4.78 is 54.5. The zero-order valence-corrected chi connectivity index (χ0v) is 17.0. The lowest BCUT2D eigenvalue weighted by Gasteiger charge is -2.44. The van der Waals surface area contributed by atoms with Gasteiger partial charge < -0.3 is 10.0 Å². The van der Waals surface area contributed by atoms with Crippen molar-refractivity contribution in [1.82, 2.24) is 4.98 Å². The van der Waals surface area contributed by atoms with E-state index in [0.29, 0.717) is 25.3 Å². The number of amides is 1. The number of pyridine rings is 1. The molecule has 1 aromatic heterocycles. The fourth-order valence-electron chi connectivity index (χ4n) is 4.08. The van der Waals surface area contributed by atoms with Gasteiger partial charge in [-0.1, -0.05) is 0 Å². The monoisotopic (exact) mass is 466 g/mol. The molecule has 2 fully saturated rings. The summed E-state index contributed by atoms with van der Waals surface area (Å²) in [5.41, 5.74) is -4.99. The summed E-state index contributed by atoms with van der Waals surface area (Å²) in [6.07, 6.45) is -2.51. The van der Waals surface area contributed by atoms with Crippen molar-refractivity contribution >= 4 is 35.9 Å². The number of carboxylic acid groups (broad SMARTS) is 1. The van der Waals surface area contributed by atoms with E-state index in [1.54, 1.807) is 0 Å². The summed E-state index contributed by atoms with van der Waals surface area (Å²) in [6, 6.07) is 5.38. The van der Waals surface area contributed by atoms with Crippen molar-refractivity contribution in [3.05, 3.63) is 53.1 Å². The van der Waals surface area contributed by atoms with E-state index in [-0.39, 0.29) is 11.4 Å². The molecular formula is C20H14F4N4O3S. The van der Waals surface area contributed by atoms with Crippen molar-refractivity contribution in [2.24, 2.45) is 0 Å². The molecule has 1 unspecified atom stereocenters. The van der Waals surface area contributed by atoms with Crippen molar-refractivity contribution in [2.75, 3.05) is 9.80 Å². The Labute approximate surface area is 184 Å². The molecule has 12 heteroatoms. The summed E-state index contributed by atoms with van der Waals surface area (Å²) in [4.78, 5) is 30.5. The number of hydrogen-bond donors (Lipinski definition) is 2. The van der Waals surface area contributed by atoms with Crippen LogP contribution in [0.3, 0.4) is 0 Å². The Morgan fingerprint density at radius 1 is 1.28 bits per heavy atom. The largest absolute Gasteiger partial charge is 0.478 e. The molecule has 1 saturated carbocycles. The molecule has 1 N–H and O–H groups in total. The molecule has 2 aliphatic rings. The van der Waals surface area contributed by atoms with Crippen LogP contribution in [0.2, 0.25) is 0 Å². The summed E-state index contributed by atoms with van der Waals surface area (Å²) in [5, 5.41) is 18.0. The molecule has 166 valence electrons. The number of hydrogen-bond acceptors (Lipinski definition) is 6. The van der Waals surface area contributed by atoms with Gasteiger partial charge in [0, 0.05) is 5.69 Å². The average Bonchev–Trinajstić information content (AvgIpc) is 2.93. The van der Waals surface area contributed by atoms with Gasteiger partial charge in [-0.25, -0.2) is 14.2 Å². The molecular weight excluding hydrogens is 452 g/mol. The second-order valence-electron chi connectivity index (χ2n) is 7.45. The highest BCUT2D eigenvalue weighted by atomic mass is 32.1. The third-order valence-corrected chi connectivity index (χ3v) is 6.21. The molecule has 1 spiro atoms. The number of carbonyl (C=O) groups excluding carboxylic acids is 1. The van der Waals surface area contributed by atoms with Crippen LogP contribution in [-0.4, -0.2) is 33.0 Å². The van der Waals surface area contributed by atoms with Crippen LogP contribution in [-0.2, 0) is 11.0 Å². The van der Waals surface area contributed by atoms with Gasteiger partial charge in [-0.15, -0.1) is 12.6 Å². The molecule has 2 heterocycles. The van der Waals surface area contributed by atoms with Crippen molar-refractivity contribution in [3.8, 4) is 6.07 Å². The molecule has 1 aliphatic heterocycles. The third kappa shape index (κ3) is 3.15. The lowest BCUT2D eigenvalue weighted by molar-refractivity contribution is -0.138. The zero-order chi connectivity index (χ0) is 23.4. The van der Waals surface area contributed by atoms with Crippen LogP contribution in [0.15, 0.2) is 30.5 Å². The molecule has 7 nitrogen and oxygen atoms in total. The number of nitrogens with zero attached hydrogens (tertiary/aromatic N) is 4. The molecule has 1 saturated heterocycles. The summed E-state index contributed by atoms with van der Waals surface area (Å²) in [7, 11) is 0. The molecule has 1 atom stereocenters. The fourth-order valence-corrected chi connectivity index (χ4v) is 4.68. The van der Waals surface area contributed by atoms with Crippen molar-refractivity contribution < 1.29 is 32.3 Å². The first-order valence-corrected chi connectivity index (χ1v) is 9.84. The molecule has 32 heavy (non-hydrogen) atoms. The van der Waals surface area contributed by atoms with Gasteiger partial charge in [-0.05, 0) is 43.5 Å². The molecule has 1 amide bonds. The number of carbonyl (C=O) groups is 2. The Morgan fingerprint density at radius 2 is 1.97 bits per heavy atom. The molecule has 0 radical (unpaired) electrons. The Bertz CT molecular complexity index is 1180. The number of thiol groups is 1. The van der Waals surface area contributed by atoms with E-state index in [1.807, 2.05) is 0 Å². The van der Waals surface area contributed by atoms with E-state index < -0.39 is 51.7 Å². The lowest BCUT2D eigenvalue weighted by Crippen LogP contribution is -2.55. The molecule has 4 rings (SSSR count). The first kappa shape index (κ1) is 21.9. The molecule has 1 aromatic carbocycles. The van der Waals surface area contributed by atoms with E-state index in [2.05, 4.69) is 17.6 Å². The van der Waals surface area contributed by atoms with Gasteiger partial charge in [-0.3, -0.25) is 9.69 Å². The van der Waals surface area contributed by atoms with Gasteiger partial charge in [0.05, 0.1) is 23.0 Å². The number of nitriles is 1. The van der Waals surface area contributed by atoms with E-state index in [0.717, 1.165) is 23.2 Å². The smallest absolute Gasteiger partial charge is 0.419 e. The maximum atomic E-state index is 14.3. The van der Waals surface area contributed by atoms with Crippen molar-refractivity contribution in [1.29, 1.82) is 5.26 Å². The van der Waals surface area contributed by atoms with Gasteiger partial charge in [0.1, 0.15) is 17.4 Å². The summed E-state index contributed by atoms with van der Waals surface area (Å²) >= 11 is 4.44. The number of aromatic carboxylic acids is 1. The maximum Gasteiger partial charge on any atom is 0.419 e. The number of aromatic nitrogens is 1. The number of anilines is 2. The Morgan fingerprint density at radius 3 is 2.47 bits per heavy atom. The van der Waals surface area contributed by atoms with Crippen LogP contribution in [0, 0.1) is 17.1 Å². The second-order valence-corrected chi connectivity index (χ2v) is 7.91. The summed E-state index contributed by atoms with van der Waals surface area (Å²) in [6.45, 7) is 0. The fraction of sp³-hybridized carbons (Fsp3) is 0.300. The van der Waals surface area contributed by atoms with Crippen molar-refractivity contribution in [3.63, 3.8) is 0 Å². The number of carboxylic acids is 1. The van der Waals surface area contributed by atoms with Crippen molar-refractivity contribution in [2.45, 2.75) is 36.5 Å². The van der Waals surface area contributed by atoms with Crippen LogP contribution in [0.25, 0.3) is 0 Å². The minimum atomic E-state index is -4.87. The Hall–Kier alpha value is -3.33. The van der Waals surface area contributed by atoms with Crippen LogP contribution < -0.4 is 9.80 Å². The molecule has 0 bridgehead atoms. The number of benzene rings is 1. The standard InChI is InChI=1S/C20H14F4N4O3S/c21-14-7-10(2-3-12(14)16(29)30)28-18(32)27(17(31)19(28)4-1-5-19)11-6-13(20(22,23)24)15(8-25)26-9-11/h2-3,6-7,9,18,32H,1,4-5H2,(H,29,30). The predicted molar refractivity (Wildman–Crippen MR) is 107 cm³/mol. The lowest BCUT2D eigenvalue weighted by atomic mass is 9.75. The van der Waals surface area contributed by atoms with E-state index in [1.165, 1.54) is 17.0 Å². The van der Waals surface area contributed by atoms with E-state index in [4.69, 9.17) is 10.4 Å². The highest BCUT2D eigenvalue weighted by Crippen LogP contribution is 2.50. The number of halogens is 4. The second kappa shape index (κ2) is 7.37. The first-order chi connectivity index (χ1) is 15.0. The minimum absolute atomic E-state index is 0.167. The SMILES string of the molecule is N#Cc1ncc(N2C(=O)C3(CCC3)N(c3ccc(C(=O)O)c(F)c3)C2S)cc1C(F)(F)F. The normalized spacial score (nSPS) is 19.8. The van der Waals surface area contributed by atoms with Crippen LogP contribution in [0.5, 0.6) is 0 Å². The quantitative estimate of drug-likeness (QED) is 0.528. The Kier molecular flexibility index (Phi) is 5.04. The van der Waals surface area contributed by atoms with Crippen LogP contribution in [0.1, 0.15) is 40.9 Å². The van der Waals surface area contributed by atoms with Gasteiger partial charge in [0.25, 0.3) is 5.91 Å². The van der Waals surface area contributed by atoms with Crippen LogP contribution in [0.4, 0.5) is 28.9 Å². The van der Waals surface area contributed by atoms with E-state index >= 15 is 0 Å². The summed E-state index contributed by atoms with van der Waals surface area (Å²) in [5.74, 6) is -3.02. The molecule has 1 aliphatic carbocycles. The highest BCUT2D eigenvalue weighted by molar-refractivity contribution is 7.81. The predicted octanol–water partition coefficient (Wildman–Crippen LogP) is 3.80. The van der Waals surface area contributed by atoms with Gasteiger partial charge in [0.15, 0.2) is 11.2 Å². The highest BCUT2D eigenvalue weighted by Gasteiger charge is 2.60. The number of alkyl halides is 3. The number of rotatable bonds is 3. The van der Waals surface area contributed by atoms with Crippen LogP contribution >= 0.6 is 12.6 Å². The third-order valence-electron chi connectivity index (χ3n) is 5.74. The van der Waals surface area contributed by atoms with Gasteiger partial charge >= 0.3 is 12.1 Å². The van der Waals surface area contributed by atoms with Gasteiger partial charge in [0.2, 0.25) is 0 Å². The molecule has 2 aromatic rings. The van der Waals surface area contributed by atoms with E-state index in [9.17, 15) is 27.2 Å².